The van der Waals surface area contributed by atoms with Crippen LogP contribution in [-0.2, 0) is 9.47 Å². The highest BCUT2D eigenvalue weighted by molar-refractivity contribution is 5.99. The van der Waals surface area contributed by atoms with E-state index in [1.807, 2.05) is 11.1 Å². The van der Waals surface area contributed by atoms with Crippen LogP contribution in [0.5, 0.6) is 0 Å². The number of likely N-dealkylation sites (tertiary alicyclic amines) is 1. The average molecular weight is 387 g/mol. The Hall–Kier alpha value is -2.03. The summed E-state index contributed by atoms with van der Waals surface area (Å²) in [6.07, 6.45) is 8.10. The van der Waals surface area contributed by atoms with Gasteiger partial charge >= 0.3 is 0 Å². The molecule has 0 aliphatic carbocycles. The molecule has 2 fully saturated rings. The molecule has 28 heavy (non-hydrogen) atoms. The van der Waals surface area contributed by atoms with Crippen LogP contribution in [0.4, 0.5) is 0 Å². The summed E-state index contributed by atoms with van der Waals surface area (Å²) in [5.74, 6) is 0.493. The van der Waals surface area contributed by atoms with E-state index in [4.69, 9.17) is 9.47 Å². The minimum atomic E-state index is -0.211. The van der Waals surface area contributed by atoms with Gasteiger partial charge in [0, 0.05) is 45.7 Å². The van der Waals surface area contributed by atoms with Gasteiger partial charge < -0.3 is 19.3 Å². The summed E-state index contributed by atoms with van der Waals surface area (Å²) in [4.78, 5) is 21.7. The highest BCUT2D eigenvalue weighted by Gasteiger charge is 2.44. The summed E-state index contributed by atoms with van der Waals surface area (Å²) in [5, 5.41) is 4.25. The van der Waals surface area contributed by atoms with Crippen molar-refractivity contribution in [2.75, 3.05) is 53.6 Å². The molecule has 2 aromatic rings. The Morgan fingerprint density at radius 2 is 2.39 bits per heavy atom. The van der Waals surface area contributed by atoms with E-state index in [0.717, 1.165) is 52.1 Å². The van der Waals surface area contributed by atoms with Crippen LogP contribution in [-0.4, -0.2) is 89.5 Å². The molecule has 2 atom stereocenters. The highest BCUT2D eigenvalue weighted by atomic mass is 16.5. The van der Waals surface area contributed by atoms with Crippen LogP contribution >= 0.6 is 0 Å². The number of methoxy groups -OCH3 is 1. The predicted octanol–water partition coefficient (Wildman–Crippen LogP) is 1.32. The first kappa shape index (κ1) is 19.3. The number of nitrogens with zero attached hydrogens (tertiary/aromatic N) is 5. The van der Waals surface area contributed by atoms with Gasteiger partial charge in [0.2, 0.25) is 0 Å². The van der Waals surface area contributed by atoms with Gasteiger partial charge in [-0.05, 0) is 38.3 Å². The molecule has 8 heteroatoms. The van der Waals surface area contributed by atoms with Crippen LogP contribution in [0.2, 0.25) is 0 Å². The number of ether oxygens (including phenoxy) is 2. The van der Waals surface area contributed by atoms with Crippen molar-refractivity contribution in [3.05, 3.63) is 30.2 Å². The first-order chi connectivity index (χ1) is 13.6. The molecule has 1 spiro atoms. The molecule has 2 saturated heterocycles. The van der Waals surface area contributed by atoms with Gasteiger partial charge in [0.05, 0.1) is 25.0 Å². The van der Waals surface area contributed by atoms with E-state index in [-0.39, 0.29) is 11.5 Å². The van der Waals surface area contributed by atoms with Crippen LogP contribution in [0.25, 0.3) is 5.65 Å². The lowest BCUT2D eigenvalue weighted by molar-refractivity contribution is -0.0450. The Kier molecular flexibility index (Phi) is 5.61. The zero-order valence-electron chi connectivity index (χ0n) is 16.7. The Bertz CT molecular complexity index is 825. The number of fused-ring (bicyclic) bond motifs is 1. The number of piperidine rings is 1. The number of rotatable bonds is 6. The Labute approximate surface area is 165 Å². The standard InChI is InChI=1S/C20H29N5O3/c1-23(9-10-27-2)13-16-11-20(28-14-16)5-3-7-24(15-20)19(26)17-12-22-25-8-4-6-21-18(17)25/h4,6,8,12,16H,3,5,7,9-11,13-15H2,1-2H3. The van der Waals surface area contributed by atoms with Crippen molar-refractivity contribution in [2.24, 2.45) is 5.92 Å². The van der Waals surface area contributed by atoms with Crippen molar-refractivity contribution in [1.29, 1.82) is 0 Å². The van der Waals surface area contributed by atoms with Gasteiger partial charge in [-0.15, -0.1) is 0 Å². The minimum absolute atomic E-state index is 0.00274. The summed E-state index contributed by atoms with van der Waals surface area (Å²) in [6.45, 7) is 4.83. The fraction of sp³-hybridized carbons (Fsp3) is 0.650. The summed E-state index contributed by atoms with van der Waals surface area (Å²) >= 11 is 0. The van der Waals surface area contributed by atoms with E-state index in [0.29, 0.717) is 23.7 Å². The molecule has 2 aromatic heterocycles. The monoisotopic (exact) mass is 387 g/mol. The van der Waals surface area contributed by atoms with E-state index in [1.54, 1.807) is 30.1 Å². The van der Waals surface area contributed by atoms with Crippen molar-refractivity contribution in [3.63, 3.8) is 0 Å². The molecule has 2 unspecified atom stereocenters. The van der Waals surface area contributed by atoms with Gasteiger partial charge in [-0.3, -0.25) is 4.79 Å². The first-order valence-corrected chi connectivity index (χ1v) is 9.99. The second-order valence-electron chi connectivity index (χ2n) is 8.10. The topological polar surface area (TPSA) is 72.2 Å². The predicted molar refractivity (Wildman–Crippen MR) is 104 cm³/mol. The Morgan fingerprint density at radius 3 is 3.25 bits per heavy atom. The molecule has 0 bridgehead atoms. The van der Waals surface area contributed by atoms with Crippen molar-refractivity contribution >= 4 is 11.6 Å². The molecule has 0 radical (unpaired) electrons. The zero-order valence-corrected chi connectivity index (χ0v) is 16.7. The molecule has 0 saturated carbocycles. The van der Waals surface area contributed by atoms with Gasteiger partial charge in [0.15, 0.2) is 5.65 Å². The average Bonchev–Trinajstić information content (AvgIpc) is 3.30. The molecule has 1 amide bonds. The molecular formula is C20H29N5O3. The van der Waals surface area contributed by atoms with Gasteiger partial charge in [0.1, 0.15) is 5.56 Å². The van der Waals surface area contributed by atoms with E-state index >= 15 is 0 Å². The number of carbonyl (C=O) groups is 1. The van der Waals surface area contributed by atoms with E-state index in [1.165, 1.54) is 0 Å². The maximum absolute atomic E-state index is 13.1. The molecule has 4 heterocycles. The molecular weight excluding hydrogens is 358 g/mol. The van der Waals surface area contributed by atoms with Crippen molar-refractivity contribution in [3.8, 4) is 0 Å². The number of hydrogen-bond donors (Lipinski definition) is 0. The molecule has 2 aliphatic heterocycles. The quantitative estimate of drug-likeness (QED) is 0.744. The normalized spacial score (nSPS) is 25.2. The van der Waals surface area contributed by atoms with Crippen LogP contribution in [0.15, 0.2) is 24.7 Å². The van der Waals surface area contributed by atoms with Gasteiger partial charge in [0.25, 0.3) is 5.91 Å². The largest absolute Gasteiger partial charge is 0.383 e. The third-order valence-electron chi connectivity index (χ3n) is 5.87. The van der Waals surface area contributed by atoms with E-state index < -0.39 is 0 Å². The second-order valence-corrected chi connectivity index (χ2v) is 8.10. The molecule has 152 valence electrons. The smallest absolute Gasteiger partial charge is 0.259 e. The van der Waals surface area contributed by atoms with Gasteiger partial charge in [-0.25, -0.2) is 9.50 Å². The SMILES string of the molecule is COCCN(C)CC1COC2(CCCN(C(=O)c3cnn4cccnc34)C2)C1. The Morgan fingerprint density at radius 1 is 1.50 bits per heavy atom. The third-order valence-corrected chi connectivity index (χ3v) is 5.87. The number of hydrogen-bond acceptors (Lipinski definition) is 6. The Balaban J connectivity index is 1.41. The van der Waals surface area contributed by atoms with Gasteiger partial charge in [-0.2, -0.15) is 5.10 Å². The molecule has 0 N–H and O–H groups in total. The molecule has 0 aromatic carbocycles. The lowest BCUT2D eigenvalue weighted by atomic mass is 9.86. The number of amides is 1. The molecule has 4 rings (SSSR count). The van der Waals surface area contributed by atoms with Crippen molar-refractivity contribution in [2.45, 2.75) is 24.9 Å². The zero-order chi connectivity index (χ0) is 19.6. The summed E-state index contributed by atoms with van der Waals surface area (Å²) in [6, 6.07) is 1.81. The lowest BCUT2D eigenvalue weighted by Gasteiger charge is -2.39. The molecule has 2 aliphatic rings. The second kappa shape index (κ2) is 8.14. The van der Waals surface area contributed by atoms with Crippen LogP contribution in [0.3, 0.4) is 0 Å². The van der Waals surface area contributed by atoms with Crippen LogP contribution in [0, 0.1) is 5.92 Å². The fourth-order valence-corrected chi connectivity index (χ4v) is 4.54. The third kappa shape index (κ3) is 3.90. The molecule has 8 nitrogen and oxygen atoms in total. The maximum Gasteiger partial charge on any atom is 0.259 e. The summed E-state index contributed by atoms with van der Waals surface area (Å²) < 4.78 is 13.1. The van der Waals surface area contributed by atoms with Crippen LogP contribution in [0.1, 0.15) is 29.6 Å². The highest BCUT2D eigenvalue weighted by Crippen LogP contribution is 2.38. The van der Waals surface area contributed by atoms with E-state index in [9.17, 15) is 4.79 Å². The number of aromatic nitrogens is 3. The summed E-state index contributed by atoms with van der Waals surface area (Å²) in [7, 11) is 3.85. The van der Waals surface area contributed by atoms with E-state index in [2.05, 4.69) is 22.0 Å². The maximum atomic E-state index is 13.1. The number of likely N-dealkylation sites (N-methyl/N-ethyl adjacent to an activating group) is 1. The van der Waals surface area contributed by atoms with Crippen LogP contribution < -0.4 is 0 Å². The first-order valence-electron chi connectivity index (χ1n) is 9.99. The minimum Gasteiger partial charge on any atom is -0.383 e. The number of carbonyl (C=O) groups excluding carboxylic acids is 1. The van der Waals surface area contributed by atoms with Crippen molar-refractivity contribution < 1.29 is 14.3 Å². The summed E-state index contributed by atoms with van der Waals surface area (Å²) in [5.41, 5.74) is 0.959. The fourth-order valence-electron chi connectivity index (χ4n) is 4.54. The lowest BCUT2D eigenvalue weighted by Crippen LogP contribution is -2.50. The van der Waals surface area contributed by atoms with Crippen molar-refractivity contribution in [1.82, 2.24) is 24.4 Å². The van der Waals surface area contributed by atoms with Gasteiger partial charge in [-0.1, -0.05) is 0 Å².